The van der Waals surface area contributed by atoms with Gasteiger partial charge in [0.05, 0.1) is 25.5 Å². The molecule has 0 aliphatic carbocycles. The van der Waals surface area contributed by atoms with Crippen molar-refractivity contribution in [1.29, 1.82) is 0 Å². The largest absolute Gasteiger partial charge is 0.468 e. The predicted octanol–water partition coefficient (Wildman–Crippen LogP) is 3.62. The lowest BCUT2D eigenvalue weighted by molar-refractivity contribution is 0.00460. The van der Waals surface area contributed by atoms with Gasteiger partial charge in [0.2, 0.25) is 0 Å². The van der Waals surface area contributed by atoms with Crippen molar-refractivity contribution in [3.8, 4) is 0 Å². The molecule has 1 N–H and O–H groups in total. The highest BCUT2D eigenvalue weighted by Gasteiger charge is 2.15. The van der Waals surface area contributed by atoms with Crippen LogP contribution in [0.25, 0.3) is 0 Å². The lowest BCUT2D eigenvalue weighted by Gasteiger charge is -2.24. The summed E-state index contributed by atoms with van der Waals surface area (Å²) in [6, 6.07) is 12.3. The smallest absolute Gasteiger partial charge is 0.117 e. The minimum absolute atomic E-state index is 0.362. The Morgan fingerprint density at radius 2 is 1.96 bits per heavy atom. The van der Waals surface area contributed by atoms with Crippen molar-refractivity contribution in [2.75, 3.05) is 19.8 Å². The number of aliphatic hydroxyl groups excluding tert-OH is 1. The summed E-state index contributed by atoms with van der Waals surface area (Å²) in [6.45, 7) is 9.32. The fourth-order valence-corrected chi connectivity index (χ4v) is 2.67. The van der Waals surface area contributed by atoms with Gasteiger partial charge in [-0.2, -0.15) is 0 Å². The first-order valence-corrected chi connectivity index (χ1v) is 8.59. The monoisotopic (exact) mass is 331 g/mol. The Hall–Kier alpha value is -1.62. The predicted molar refractivity (Wildman–Crippen MR) is 95.7 cm³/mol. The van der Waals surface area contributed by atoms with E-state index in [9.17, 15) is 5.11 Å². The molecule has 0 radical (unpaired) electrons. The maximum atomic E-state index is 10.3. The van der Waals surface area contributed by atoms with Crippen LogP contribution in [0.1, 0.15) is 30.7 Å². The molecule has 0 saturated heterocycles. The van der Waals surface area contributed by atoms with Gasteiger partial charge in [-0.05, 0) is 30.5 Å². The van der Waals surface area contributed by atoms with Crippen LogP contribution in [0.2, 0.25) is 0 Å². The third kappa shape index (κ3) is 6.87. The number of hydrogen-bond donors (Lipinski definition) is 1. The van der Waals surface area contributed by atoms with Crippen LogP contribution in [0.15, 0.2) is 47.1 Å². The summed E-state index contributed by atoms with van der Waals surface area (Å²) in [5.41, 5.74) is 2.48. The van der Waals surface area contributed by atoms with E-state index < -0.39 is 6.10 Å². The molecule has 0 aliphatic heterocycles. The van der Waals surface area contributed by atoms with Crippen LogP contribution in [0.5, 0.6) is 0 Å². The molecule has 0 bridgehead atoms. The normalized spacial score (nSPS) is 12.9. The first-order valence-electron chi connectivity index (χ1n) is 8.59. The lowest BCUT2D eigenvalue weighted by Crippen LogP contribution is -2.34. The average molecular weight is 331 g/mol. The van der Waals surface area contributed by atoms with Crippen LogP contribution in [0, 0.1) is 12.8 Å². The van der Waals surface area contributed by atoms with E-state index in [-0.39, 0.29) is 0 Å². The molecule has 0 aliphatic rings. The summed E-state index contributed by atoms with van der Waals surface area (Å²) < 4.78 is 11.0. The Bertz CT molecular complexity index is 580. The quantitative estimate of drug-likeness (QED) is 0.722. The molecule has 4 nitrogen and oxygen atoms in total. The molecule has 0 spiro atoms. The Morgan fingerprint density at radius 1 is 1.12 bits per heavy atom. The summed E-state index contributed by atoms with van der Waals surface area (Å²) >= 11 is 0. The van der Waals surface area contributed by atoms with Gasteiger partial charge in [0.15, 0.2) is 0 Å². The van der Waals surface area contributed by atoms with E-state index in [4.69, 9.17) is 9.15 Å². The van der Waals surface area contributed by atoms with Gasteiger partial charge in [0, 0.05) is 19.7 Å². The lowest BCUT2D eigenvalue weighted by atomic mass is 10.1. The van der Waals surface area contributed by atoms with Crippen molar-refractivity contribution >= 4 is 0 Å². The molecule has 2 aromatic rings. The van der Waals surface area contributed by atoms with E-state index in [1.54, 1.807) is 6.26 Å². The number of hydrogen-bond acceptors (Lipinski definition) is 4. The van der Waals surface area contributed by atoms with Crippen LogP contribution in [0.4, 0.5) is 0 Å². The van der Waals surface area contributed by atoms with Gasteiger partial charge in [-0.1, -0.05) is 43.7 Å². The van der Waals surface area contributed by atoms with Crippen LogP contribution < -0.4 is 0 Å². The molecule has 1 atom stereocenters. The fraction of sp³-hybridized carbons (Fsp3) is 0.500. The molecule has 1 aromatic carbocycles. The van der Waals surface area contributed by atoms with Crippen LogP contribution in [-0.2, 0) is 17.8 Å². The van der Waals surface area contributed by atoms with E-state index >= 15 is 0 Å². The van der Waals surface area contributed by atoms with Crippen molar-refractivity contribution < 1.29 is 14.3 Å². The maximum absolute atomic E-state index is 10.3. The molecule has 0 unspecified atom stereocenters. The van der Waals surface area contributed by atoms with Gasteiger partial charge in [-0.15, -0.1) is 0 Å². The second kappa shape index (κ2) is 9.62. The first-order chi connectivity index (χ1) is 11.5. The minimum atomic E-state index is -0.511. The summed E-state index contributed by atoms with van der Waals surface area (Å²) in [7, 11) is 0. The van der Waals surface area contributed by atoms with Crippen LogP contribution in [0.3, 0.4) is 0 Å². The van der Waals surface area contributed by atoms with Crippen molar-refractivity contribution in [3.63, 3.8) is 0 Å². The Morgan fingerprint density at radius 3 is 2.62 bits per heavy atom. The van der Waals surface area contributed by atoms with E-state index in [1.807, 2.05) is 12.1 Å². The molecular weight excluding hydrogens is 302 g/mol. The van der Waals surface area contributed by atoms with Crippen molar-refractivity contribution in [3.05, 3.63) is 59.5 Å². The summed E-state index contributed by atoms with van der Waals surface area (Å²) in [5.74, 6) is 1.38. The number of nitrogens with zero attached hydrogens (tertiary/aromatic N) is 1. The zero-order valence-corrected chi connectivity index (χ0v) is 14.9. The highest BCUT2D eigenvalue weighted by atomic mass is 16.5. The molecule has 0 amide bonds. The van der Waals surface area contributed by atoms with Gasteiger partial charge in [-0.25, -0.2) is 0 Å². The zero-order valence-electron chi connectivity index (χ0n) is 14.9. The van der Waals surface area contributed by atoms with Crippen molar-refractivity contribution in [2.24, 2.45) is 5.92 Å². The number of aliphatic hydroxyl groups is 1. The van der Waals surface area contributed by atoms with Gasteiger partial charge in [0.1, 0.15) is 5.76 Å². The SMILES string of the molecule is Cc1cccc(CN(Cc2ccco2)C[C@H](O)COCC(C)C)c1. The molecule has 0 fully saturated rings. The van der Waals surface area contributed by atoms with Crippen molar-refractivity contribution in [2.45, 2.75) is 40.0 Å². The molecule has 2 rings (SSSR count). The third-order valence-electron chi connectivity index (χ3n) is 3.68. The molecule has 0 saturated carbocycles. The zero-order chi connectivity index (χ0) is 17.4. The van der Waals surface area contributed by atoms with Gasteiger partial charge in [-0.3, -0.25) is 4.90 Å². The van der Waals surface area contributed by atoms with E-state index in [0.717, 1.165) is 12.3 Å². The molecule has 1 heterocycles. The summed E-state index contributed by atoms with van der Waals surface area (Å²) in [6.07, 6.45) is 1.17. The number of aryl methyl sites for hydroxylation is 1. The molecule has 24 heavy (non-hydrogen) atoms. The first kappa shape index (κ1) is 18.7. The topological polar surface area (TPSA) is 45.8 Å². The second-order valence-electron chi connectivity index (χ2n) is 6.82. The molecular formula is C20H29NO3. The van der Waals surface area contributed by atoms with Crippen LogP contribution in [-0.4, -0.2) is 35.9 Å². The fourth-order valence-electron chi connectivity index (χ4n) is 2.67. The van der Waals surface area contributed by atoms with Gasteiger partial charge >= 0.3 is 0 Å². The number of benzene rings is 1. The number of furan rings is 1. The molecule has 1 aromatic heterocycles. The van der Waals surface area contributed by atoms with Crippen LogP contribution >= 0.6 is 0 Å². The number of rotatable bonds is 10. The van der Waals surface area contributed by atoms with Gasteiger partial charge < -0.3 is 14.3 Å². The second-order valence-corrected chi connectivity index (χ2v) is 6.82. The van der Waals surface area contributed by atoms with E-state index in [1.165, 1.54) is 11.1 Å². The Labute approximate surface area is 145 Å². The summed E-state index contributed by atoms with van der Waals surface area (Å²) in [5, 5.41) is 10.3. The highest BCUT2D eigenvalue weighted by molar-refractivity contribution is 5.22. The third-order valence-corrected chi connectivity index (χ3v) is 3.68. The van der Waals surface area contributed by atoms with Crippen molar-refractivity contribution in [1.82, 2.24) is 4.90 Å². The molecule has 132 valence electrons. The number of ether oxygens (including phenoxy) is 1. The Balaban J connectivity index is 1.94. The Kier molecular flexibility index (Phi) is 7.50. The summed E-state index contributed by atoms with van der Waals surface area (Å²) in [4.78, 5) is 2.19. The van der Waals surface area contributed by atoms with E-state index in [0.29, 0.717) is 32.2 Å². The highest BCUT2D eigenvalue weighted by Crippen LogP contribution is 2.13. The average Bonchev–Trinajstić information content (AvgIpc) is 2.99. The standard InChI is InChI=1S/C20H29NO3/c1-16(2)14-23-15-19(22)12-21(13-20-8-5-9-24-20)11-18-7-4-6-17(3)10-18/h4-10,16,19,22H,11-15H2,1-3H3/t19-/m0/s1. The van der Waals surface area contributed by atoms with Gasteiger partial charge in [0.25, 0.3) is 0 Å². The molecule has 4 heteroatoms. The minimum Gasteiger partial charge on any atom is -0.468 e. The van der Waals surface area contributed by atoms with E-state index in [2.05, 4.69) is 49.9 Å². The maximum Gasteiger partial charge on any atom is 0.117 e.